The Hall–Kier alpha value is -2.36. The number of nitrogens with two attached hydrogens (primary N) is 1. The molecule has 3 rings (SSSR count). The van der Waals surface area contributed by atoms with Gasteiger partial charge in [-0.1, -0.05) is 66.9 Å². The molecule has 0 heterocycles. The summed E-state index contributed by atoms with van der Waals surface area (Å²) in [5.74, 6) is 0.0638. The van der Waals surface area contributed by atoms with Gasteiger partial charge in [0.1, 0.15) is 5.84 Å². The fourth-order valence-electron chi connectivity index (χ4n) is 3.19. The van der Waals surface area contributed by atoms with Gasteiger partial charge in [-0.05, 0) is 29.2 Å². The van der Waals surface area contributed by atoms with Crippen molar-refractivity contribution in [2.45, 2.75) is 38.5 Å². The zero-order valence-corrected chi connectivity index (χ0v) is 13.2. The van der Waals surface area contributed by atoms with E-state index >= 15 is 0 Å². The molecule has 0 aliphatic heterocycles. The minimum atomic E-state index is -0.245. The van der Waals surface area contributed by atoms with Crippen molar-refractivity contribution in [1.82, 2.24) is 0 Å². The first-order valence-corrected chi connectivity index (χ1v) is 8.24. The predicted octanol–water partition coefficient (Wildman–Crippen LogP) is 3.78. The van der Waals surface area contributed by atoms with Gasteiger partial charge in [0, 0.05) is 6.42 Å². The number of carbonyl (C=O) groups is 1. The lowest BCUT2D eigenvalue weighted by Gasteiger charge is -2.18. The Morgan fingerprint density at radius 1 is 1.09 bits per heavy atom. The average Bonchev–Trinajstić information content (AvgIpc) is 2.61. The van der Waals surface area contributed by atoms with E-state index < -0.39 is 0 Å². The lowest BCUT2D eigenvalue weighted by atomic mass is 9.89. The van der Waals surface area contributed by atoms with E-state index in [0.717, 1.165) is 42.0 Å². The molecule has 0 bridgehead atoms. The second-order valence-corrected chi connectivity index (χ2v) is 6.14. The largest absolute Gasteiger partial charge is 0.384 e. The van der Waals surface area contributed by atoms with Gasteiger partial charge in [0.15, 0.2) is 0 Å². The van der Waals surface area contributed by atoms with Crippen LogP contribution in [0, 0.1) is 5.92 Å². The van der Waals surface area contributed by atoms with Crippen molar-refractivity contribution in [2.24, 2.45) is 16.8 Å². The number of amidine groups is 1. The Kier molecular flexibility index (Phi) is 4.91. The quantitative estimate of drug-likeness (QED) is 0.404. The second-order valence-electron chi connectivity index (χ2n) is 6.14. The third-order valence-electron chi connectivity index (χ3n) is 4.44. The van der Waals surface area contributed by atoms with Gasteiger partial charge in [0.05, 0.1) is 5.92 Å². The fourth-order valence-corrected chi connectivity index (χ4v) is 3.19. The first-order valence-electron chi connectivity index (χ1n) is 8.24. The van der Waals surface area contributed by atoms with Crippen molar-refractivity contribution in [3.8, 4) is 0 Å². The van der Waals surface area contributed by atoms with Gasteiger partial charge >= 0.3 is 5.97 Å². The van der Waals surface area contributed by atoms with Gasteiger partial charge < -0.3 is 10.6 Å². The number of hydrogen-bond donors (Lipinski definition) is 1. The minimum Gasteiger partial charge on any atom is -0.384 e. The Morgan fingerprint density at radius 2 is 1.83 bits per heavy atom. The highest BCUT2D eigenvalue weighted by molar-refractivity contribution is 5.91. The van der Waals surface area contributed by atoms with E-state index in [-0.39, 0.29) is 11.9 Å². The van der Waals surface area contributed by atoms with E-state index in [9.17, 15) is 4.79 Å². The van der Waals surface area contributed by atoms with Crippen LogP contribution >= 0.6 is 0 Å². The molecule has 1 saturated carbocycles. The van der Waals surface area contributed by atoms with Crippen LogP contribution in [0.25, 0.3) is 10.8 Å². The average molecular weight is 310 g/mol. The molecule has 1 fully saturated rings. The summed E-state index contributed by atoms with van der Waals surface area (Å²) in [6.07, 6.45) is 5.66. The Balaban J connectivity index is 1.65. The minimum absolute atomic E-state index is 0.0159. The SMILES string of the molecule is N/C(Cc1cccc2ccccc12)=N\OC(=O)C1CCCCC1. The maximum absolute atomic E-state index is 12.0. The van der Waals surface area contributed by atoms with E-state index in [2.05, 4.69) is 23.4 Å². The number of nitrogens with zero attached hydrogens (tertiary/aromatic N) is 1. The molecule has 2 aromatic carbocycles. The number of fused-ring (bicyclic) bond motifs is 1. The number of oxime groups is 1. The van der Waals surface area contributed by atoms with Gasteiger partial charge in [-0.2, -0.15) is 0 Å². The highest BCUT2D eigenvalue weighted by atomic mass is 16.7. The lowest BCUT2D eigenvalue weighted by Crippen LogP contribution is -2.21. The summed E-state index contributed by atoms with van der Waals surface area (Å²) in [4.78, 5) is 17.0. The highest BCUT2D eigenvalue weighted by Gasteiger charge is 2.22. The van der Waals surface area contributed by atoms with Crippen LogP contribution in [0.3, 0.4) is 0 Å². The number of carbonyl (C=O) groups excluding carboxylic acids is 1. The van der Waals surface area contributed by atoms with Crippen LogP contribution in [0.1, 0.15) is 37.7 Å². The van der Waals surface area contributed by atoms with Gasteiger partial charge in [-0.3, -0.25) is 0 Å². The van der Waals surface area contributed by atoms with Crippen molar-refractivity contribution >= 4 is 22.6 Å². The van der Waals surface area contributed by atoms with Crippen molar-refractivity contribution < 1.29 is 9.63 Å². The van der Waals surface area contributed by atoms with Crippen LogP contribution < -0.4 is 5.73 Å². The second kappa shape index (κ2) is 7.27. The summed E-state index contributed by atoms with van der Waals surface area (Å²) in [5, 5.41) is 6.16. The third-order valence-corrected chi connectivity index (χ3v) is 4.44. The molecule has 1 aliphatic rings. The monoisotopic (exact) mass is 310 g/mol. The zero-order chi connectivity index (χ0) is 16.1. The van der Waals surface area contributed by atoms with Crippen molar-refractivity contribution in [3.05, 3.63) is 48.0 Å². The Morgan fingerprint density at radius 3 is 2.65 bits per heavy atom. The normalized spacial score (nSPS) is 16.4. The molecule has 2 N–H and O–H groups in total. The van der Waals surface area contributed by atoms with Gasteiger partial charge in [0.2, 0.25) is 0 Å². The predicted molar refractivity (Wildman–Crippen MR) is 91.9 cm³/mol. The van der Waals surface area contributed by atoms with E-state index in [0.29, 0.717) is 12.3 Å². The number of hydrogen-bond acceptors (Lipinski definition) is 3. The lowest BCUT2D eigenvalue weighted by molar-refractivity contribution is -0.149. The van der Waals surface area contributed by atoms with E-state index in [4.69, 9.17) is 10.6 Å². The molecule has 0 unspecified atom stereocenters. The number of benzene rings is 2. The molecule has 23 heavy (non-hydrogen) atoms. The molecule has 120 valence electrons. The molecule has 0 amide bonds. The topological polar surface area (TPSA) is 64.7 Å². The van der Waals surface area contributed by atoms with Crippen molar-refractivity contribution in [2.75, 3.05) is 0 Å². The molecule has 0 aromatic heterocycles. The summed E-state index contributed by atoms with van der Waals surface area (Å²) >= 11 is 0. The Bertz CT molecular complexity index is 713. The van der Waals surface area contributed by atoms with Crippen LogP contribution in [0.4, 0.5) is 0 Å². The summed E-state index contributed by atoms with van der Waals surface area (Å²) in [7, 11) is 0. The van der Waals surface area contributed by atoms with Crippen LogP contribution in [0.2, 0.25) is 0 Å². The molecule has 0 atom stereocenters. The first-order chi connectivity index (χ1) is 11.2. The standard InChI is InChI=1S/C19H22N2O2/c20-18(21-23-19(22)15-8-2-1-3-9-15)13-16-11-6-10-14-7-4-5-12-17(14)16/h4-7,10-12,15H,1-3,8-9,13H2,(H2,20,21). The maximum Gasteiger partial charge on any atom is 0.338 e. The molecule has 0 radical (unpaired) electrons. The highest BCUT2D eigenvalue weighted by Crippen LogP contribution is 2.24. The fraction of sp³-hybridized carbons (Fsp3) is 0.368. The van der Waals surface area contributed by atoms with Gasteiger partial charge in [0.25, 0.3) is 0 Å². The van der Waals surface area contributed by atoms with Gasteiger partial charge in [-0.25, -0.2) is 4.79 Å². The van der Waals surface area contributed by atoms with Crippen molar-refractivity contribution in [1.29, 1.82) is 0 Å². The number of rotatable bonds is 4. The van der Waals surface area contributed by atoms with Crippen molar-refractivity contribution in [3.63, 3.8) is 0 Å². The summed E-state index contributed by atoms with van der Waals surface area (Å²) in [6, 6.07) is 14.2. The summed E-state index contributed by atoms with van der Waals surface area (Å²) in [6.45, 7) is 0. The molecule has 4 heteroatoms. The first kappa shape index (κ1) is 15.5. The molecule has 1 aliphatic carbocycles. The smallest absolute Gasteiger partial charge is 0.338 e. The van der Waals surface area contributed by atoms with Crippen LogP contribution in [-0.2, 0) is 16.1 Å². The molecule has 0 saturated heterocycles. The molecule has 4 nitrogen and oxygen atoms in total. The van der Waals surface area contributed by atoms with E-state index in [1.165, 1.54) is 6.42 Å². The molecule has 2 aromatic rings. The molecule has 0 spiro atoms. The van der Waals surface area contributed by atoms with E-state index in [1.807, 2.05) is 24.3 Å². The maximum atomic E-state index is 12.0. The summed E-state index contributed by atoms with van der Waals surface area (Å²) < 4.78 is 0. The zero-order valence-electron chi connectivity index (χ0n) is 13.2. The van der Waals surface area contributed by atoms with Crippen LogP contribution in [0.5, 0.6) is 0 Å². The summed E-state index contributed by atoms with van der Waals surface area (Å²) in [5.41, 5.74) is 7.03. The van der Waals surface area contributed by atoms with Crippen LogP contribution in [-0.4, -0.2) is 11.8 Å². The van der Waals surface area contributed by atoms with E-state index in [1.54, 1.807) is 0 Å². The van der Waals surface area contributed by atoms with Crippen LogP contribution in [0.15, 0.2) is 47.6 Å². The Labute approximate surface area is 136 Å². The molecular formula is C19H22N2O2. The third kappa shape index (κ3) is 3.89. The van der Waals surface area contributed by atoms with Gasteiger partial charge in [-0.15, -0.1) is 0 Å². The molecular weight excluding hydrogens is 288 g/mol.